The van der Waals surface area contributed by atoms with Gasteiger partial charge in [-0.3, -0.25) is 0 Å². The third-order valence-corrected chi connectivity index (χ3v) is 1.41. The summed E-state index contributed by atoms with van der Waals surface area (Å²) < 4.78 is 0. The first-order valence-corrected chi connectivity index (χ1v) is 3.11. The molecule has 0 aromatic rings. The monoisotopic (exact) mass is 90.1 g/mol. The number of aliphatic hydroxyl groups excluding tert-OH is 1. The van der Waals surface area contributed by atoms with E-state index in [-0.39, 0.29) is 5.73 Å². The van der Waals surface area contributed by atoms with Crippen LogP contribution in [-0.4, -0.2) is 21.1 Å². The van der Waals surface area contributed by atoms with Crippen LogP contribution in [0, 0.1) is 0 Å². The molecule has 0 fully saturated rings. The molecule has 0 amide bonds. The highest BCUT2D eigenvalue weighted by molar-refractivity contribution is 6.10. The van der Waals surface area contributed by atoms with Gasteiger partial charge in [0.05, 0.1) is 0 Å². The van der Waals surface area contributed by atoms with Crippen LogP contribution in [0.2, 0.25) is 0 Å². The molecule has 1 N–H and O–H groups in total. The molecule has 0 radical (unpaired) electrons. The Hall–Kier alpha value is 0.177. The highest BCUT2D eigenvalue weighted by Gasteiger charge is 1.81. The zero-order valence-electron chi connectivity index (χ0n) is 3.73. The summed E-state index contributed by atoms with van der Waals surface area (Å²) >= 11 is 0. The SMILES string of the molecule is CCC(O)[SiH3]. The van der Waals surface area contributed by atoms with E-state index in [1.54, 1.807) is 0 Å². The molecule has 0 rings (SSSR count). The first-order chi connectivity index (χ1) is 2.27. The summed E-state index contributed by atoms with van der Waals surface area (Å²) in [6, 6.07) is 0. The average molecular weight is 90.2 g/mol. The lowest BCUT2D eigenvalue weighted by atomic mass is 10.5. The highest BCUT2D eigenvalue weighted by Crippen LogP contribution is 1.76. The van der Waals surface area contributed by atoms with Gasteiger partial charge in [-0.25, -0.2) is 0 Å². The smallest absolute Gasteiger partial charge is 0.0388 e. The molecule has 1 atom stereocenters. The Kier molecular flexibility index (Phi) is 2.50. The van der Waals surface area contributed by atoms with E-state index in [9.17, 15) is 0 Å². The summed E-state index contributed by atoms with van der Waals surface area (Å²) in [5.41, 5.74) is 0.0231. The van der Waals surface area contributed by atoms with E-state index < -0.39 is 0 Å². The van der Waals surface area contributed by atoms with Crippen LogP contribution in [0.5, 0.6) is 0 Å². The molecule has 0 aromatic heterocycles. The number of aliphatic hydroxyl groups is 1. The van der Waals surface area contributed by atoms with Crippen LogP contribution in [0.1, 0.15) is 13.3 Å². The molecule has 0 saturated carbocycles. The van der Waals surface area contributed by atoms with E-state index in [4.69, 9.17) is 5.11 Å². The van der Waals surface area contributed by atoms with E-state index in [0.29, 0.717) is 0 Å². The quantitative estimate of drug-likeness (QED) is 0.413. The number of rotatable bonds is 1. The average Bonchev–Trinajstić information content (AvgIpc) is 1.38. The molecule has 0 spiro atoms. The predicted octanol–water partition coefficient (Wildman–Crippen LogP) is -0.920. The standard InChI is InChI=1S/C3H10OSi/c1-2-3(4)5/h3-4H,2H2,1,5H3. The molecule has 2 heteroatoms. The van der Waals surface area contributed by atoms with Gasteiger partial charge in [0.15, 0.2) is 0 Å². The Morgan fingerprint density at radius 2 is 2.20 bits per heavy atom. The van der Waals surface area contributed by atoms with E-state index in [0.717, 1.165) is 16.7 Å². The molecule has 0 aliphatic carbocycles. The van der Waals surface area contributed by atoms with Crippen LogP contribution < -0.4 is 0 Å². The van der Waals surface area contributed by atoms with E-state index in [1.807, 2.05) is 6.92 Å². The van der Waals surface area contributed by atoms with Gasteiger partial charge < -0.3 is 5.11 Å². The van der Waals surface area contributed by atoms with Crippen molar-refractivity contribution in [3.05, 3.63) is 0 Å². The van der Waals surface area contributed by atoms with Gasteiger partial charge in [0, 0.05) is 16.0 Å². The highest BCUT2D eigenvalue weighted by atomic mass is 28.1. The fourth-order valence-electron chi connectivity index (χ4n) is 0. The maximum absolute atomic E-state index is 8.42. The van der Waals surface area contributed by atoms with Gasteiger partial charge in [-0.05, 0) is 6.42 Å². The van der Waals surface area contributed by atoms with Gasteiger partial charge in [0.1, 0.15) is 0 Å². The summed E-state index contributed by atoms with van der Waals surface area (Å²) in [7, 11) is 0.925. The molecule has 5 heavy (non-hydrogen) atoms. The van der Waals surface area contributed by atoms with Crippen molar-refractivity contribution in [2.45, 2.75) is 19.1 Å². The van der Waals surface area contributed by atoms with Crippen LogP contribution in [-0.2, 0) is 0 Å². The molecule has 0 heterocycles. The lowest BCUT2D eigenvalue weighted by Crippen LogP contribution is -2.00. The fourth-order valence-corrected chi connectivity index (χ4v) is 0. The van der Waals surface area contributed by atoms with E-state index in [1.165, 1.54) is 0 Å². The van der Waals surface area contributed by atoms with E-state index >= 15 is 0 Å². The number of hydrogen-bond acceptors (Lipinski definition) is 1. The zero-order valence-corrected chi connectivity index (χ0v) is 5.73. The van der Waals surface area contributed by atoms with Crippen LogP contribution in [0.4, 0.5) is 0 Å². The second-order valence-electron chi connectivity index (χ2n) is 1.26. The van der Waals surface area contributed by atoms with Gasteiger partial charge in [-0.1, -0.05) is 6.92 Å². The topological polar surface area (TPSA) is 20.2 Å². The Balaban J connectivity index is 2.54. The summed E-state index contributed by atoms with van der Waals surface area (Å²) in [5.74, 6) is 0. The van der Waals surface area contributed by atoms with Crippen molar-refractivity contribution in [2.24, 2.45) is 0 Å². The number of hydrogen-bond donors (Lipinski definition) is 1. The van der Waals surface area contributed by atoms with Crippen LogP contribution in [0.25, 0.3) is 0 Å². The van der Waals surface area contributed by atoms with Gasteiger partial charge in [-0.2, -0.15) is 0 Å². The van der Waals surface area contributed by atoms with Crippen molar-refractivity contribution in [1.29, 1.82) is 0 Å². The van der Waals surface area contributed by atoms with Crippen molar-refractivity contribution in [2.75, 3.05) is 0 Å². The summed E-state index contributed by atoms with van der Waals surface area (Å²) in [5, 5.41) is 8.42. The van der Waals surface area contributed by atoms with Crippen LogP contribution in [0.15, 0.2) is 0 Å². The van der Waals surface area contributed by atoms with Gasteiger partial charge in [0.2, 0.25) is 0 Å². The van der Waals surface area contributed by atoms with Gasteiger partial charge in [-0.15, -0.1) is 0 Å². The molecule has 1 unspecified atom stereocenters. The second-order valence-corrected chi connectivity index (χ2v) is 2.59. The Morgan fingerprint density at radius 3 is 2.20 bits per heavy atom. The third kappa shape index (κ3) is 4.18. The molecular formula is C3H10OSi. The predicted molar refractivity (Wildman–Crippen MR) is 26.2 cm³/mol. The summed E-state index contributed by atoms with van der Waals surface area (Å²) in [6.07, 6.45) is 0.923. The molecule has 0 bridgehead atoms. The van der Waals surface area contributed by atoms with Crippen molar-refractivity contribution >= 4 is 10.2 Å². The molecule has 0 aromatic carbocycles. The Bertz CT molecular complexity index is 20.9. The van der Waals surface area contributed by atoms with E-state index in [2.05, 4.69) is 0 Å². The second kappa shape index (κ2) is 2.42. The lowest BCUT2D eigenvalue weighted by molar-refractivity contribution is 0.251. The van der Waals surface area contributed by atoms with Crippen molar-refractivity contribution in [1.82, 2.24) is 0 Å². The van der Waals surface area contributed by atoms with Gasteiger partial charge >= 0.3 is 0 Å². The normalized spacial score (nSPS) is 15.6. The fraction of sp³-hybridized carbons (Fsp3) is 1.00. The van der Waals surface area contributed by atoms with Crippen molar-refractivity contribution in [3.63, 3.8) is 0 Å². The first kappa shape index (κ1) is 5.18. The molecule has 0 aliphatic rings. The minimum atomic E-state index is 0.0231. The summed E-state index contributed by atoms with van der Waals surface area (Å²) in [4.78, 5) is 0. The minimum absolute atomic E-state index is 0.0231. The molecule has 32 valence electrons. The largest absolute Gasteiger partial charge is 0.398 e. The zero-order chi connectivity index (χ0) is 4.28. The summed E-state index contributed by atoms with van der Waals surface area (Å²) in [6.45, 7) is 1.98. The Labute approximate surface area is 35.4 Å². The molecule has 1 nitrogen and oxygen atoms in total. The van der Waals surface area contributed by atoms with Crippen molar-refractivity contribution < 1.29 is 5.11 Å². The molecule has 0 aliphatic heterocycles. The lowest BCUT2D eigenvalue weighted by Gasteiger charge is -1.90. The third-order valence-electron chi connectivity index (χ3n) is 0.591. The minimum Gasteiger partial charge on any atom is -0.398 e. The van der Waals surface area contributed by atoms with Gasteiger partial charge in [0.25, 0.3) is 0 Å². The first-order valence-electron chi connectivity index (χ1n) is 1.95. The maximum Gasteiger partial charge on any atom is 0.0388 e. The van der Waals surface area contributed by atoms with Crippen molar-refractivity contribution in [3.8, 4) is 0 Å². The molecule has 0 saturated heterocycles. The van der Waals surface area contributed by atoms with Crippen LogP contribution >= 0.6 is 0 Å². The maximum atomic E-state index is 8.42. The van der Waals surface area contributed by atoms with Crippen LogP contribution in [0.3, 0.4) is 0 Å². The Morgan fingerprint density at radius 1 is 2.00 bits per heavy atom. The molecular weight excluding hydrogens is 80.1 g/mol.